The molecule has 0 radical (unpaired) electrons. The van der Waals surface area contributed by atoms with Crippen molar-refractivity contribution in [1.29, 1.82) is 0 Å². The molecule has 3 rings (SSSR count). The molecule has 2 amide bonds. The first kappa shape index (κ1) is 18.0. The van der Waals surface area contributed by atoms with Crippen LogP contribution >= 0.6 is 0 Å². The monoisotopic (exact) mass is 352 g/mol. The zero-order valence-corrected chi connectivity index (χ0v) is 15.4. The Morgan fingerprint density at radius 1 is 1.23 bits per heavy atom. The van der Waals surface area contributed by atoms with Gasteiger partial charge in [-0.25, -0.2) is 0 Å². The van der Waals surface area contributed by atoms with Crippen molar-refractivity contribution in [2.45, 2.75) is 20.3 Å². The fraction of sp³-hybridized carbons (Fsp3) is 0.333. The van der Waals surface area contributed by atoms with Gasteiger partial charge in [-0.1, -0.05) is 24.3 Å². The first-order valence-corrected chi connectivity index (χ1v) is 8.86. The SMILES string of the molecule is CCN(C(=O)C1CC(=O)N(c2cccc(OC)c2)C1)c1ccccc1C. The highest BCUT2D eigenvalue weighted by atomic mass is 16.5. The van der Waals surface area contributed by atoms with E-state index in [1.807, 2.05) is 62.4 Å². The van der Waals surface area contributed by atoms with E-state index in [0.717, 1.165) is 16.9 Å². The Morgan fingerprint density at radius 2 is 2.00 bits per heavy atom. The molecule has 1 aliphatic rings. The number of rotatable bonds is 5. The maximum Gasteiger partial charge on any atom is 0.232 e. The van der Waals surface area contributed by atoms with Crippen molar-refractivity contribution in [2.24, 2.45) is 5.92 Å². The Kier molecular flexibility index (Phi) is 5.26. The van der Waals surface area contributed by atoms with E-state index in [-0.39, 0.29) is 24.2 Å². The van der Waals surface area contributed by atoms with Crippen LogP contribution in [-0.4, -0.2) is 32.0 Å². The van der Waals surface area contributed by atoms with Gasteiger partial charge in [0, 0.05) is 37.0 Å². The topological polar surface area (TPSA) is 49.9 Å². The second-order valence-electron chi connectivity index (χ2n) is 6.48. The highest BCUT2D eigenvalue weighted by molar-refractivity contribution is 6.04. The lowest BCUT2D eigenvalue weighted by Crippen LogP contribution is -2.37. The zero-order valence-electron chi connectivity index (χ0n) is 15.4. The van der Waals surface area contributed by atoms with Crippen LogP contribution in [0.4, 0.5) is 11.4 Å². The number of ether oxygens (including phenoxy) is 1. The van der Waals surface area contributed by atoms with Gasteiger partial charge in [-0.15, -0.1) is 0 Å². The maximum absolute atomic E-state index is 13.1. The molecule has 5 heteroatoms. The summed E-state index contributed by atoms with van der Waals surface area (Å²) in [5.74, 6) is 0.325. The van der Waals surface area contributed by atoms with Crippen LogP contribution in [-0.2, 0) is 9.59 Å². The highest BCUT2D eigenvalue weighted by Gasteiger charge is 2.37. The van der Waals surface area contributed by atoms with E-state index in [1.165, 1.54) is 0 Å². The Morgan fingerprint density at radius 3 is 2.69 bits per heavy atom. The second-order valence-corrected chi connectivity index (χ2v) is 6.48. The molecule has 0 aliphatic carbocycles. The van der Waals surface area contributed by atoms with Crippen molar-refractivity contribution in [3.05, 3.63) is 54.1 Å². The Labute approximate surface area is 154 Å². The highest BCUT2D eigenvalue weighted by Crippen LogP contribution is 2.30. The average molecular weight is 352 g/mol. The van der Waals surface area contributed by atoms with Crippen LogP contribution in [0.1, 0.15) is 18.9 Å². The molecule has 1 atom stereocenters. The lowest BCUT2D eigenvalue weighted by atomic mass is 10.1. The molecule has 1 aliphatic heterocycles. The van der Waals surface area contributed by atoms with Gasteiger partial charge in [0.15, 0.2) is 0 Å². The van der Waals surface area contributed by atoms with Crippen LogP contribution in [0, 0.1) is 12.8 Å². The van der Waals surface area contributed by atoms with Crippen LogP contribution in [0.2, 0.25) is 0 Å². The Balaban J connectivity index is 1.81. The summed E-state index contributed by atoms with van der Waals surface area (Å²) >= 11 is 0. The molecule has 0 aromatic heterocycles. The van der Waals surface area contributed by atoms with E-state index in [2.05, 4.69) is 0 Å². The van der Waals surface area contributed by atoms with Crippen LogP contribution in [0.15, 0.2) is 48.5 Å². The van der Waals surface area contributed by atoms with E-state index in [0.29, 0.717) is 18.8 Å². The molecule has 0 saturated carbocycles. The van der Waals surface area contributed by atoms with Gasteiger partial charge >= 0.3 is 0 Å². The third-order valence-electron chi connectivity index (χ3n) is 4.83. The van der Waals surface area contributed by atoms with Gasteiger partial charge in [0.25, 0.3) is 0 Å². The average Bonchev–Trinajstić information content (AvgIpc) is 3.05. The predicted octanol–water partition coefficient (Wildman–Crippen LogP) is 3.41. The van der Waals surface area contributed by atoms with Crippen molar-refractivity contribution in [3.8, 4) is 5.75 Å². The molecule has 0 spiro atoms. The minimum Gasteiger partial charge on any atom is -0.497 e. The molecular formula is C21H24N2O3. The number of aryl methyl sites for hydroxylation is 1. The number of hydrogen-bond donors (Lipinski definition) is 0. The quantitative estimate of drug-likeness (QED) is 0.829. The van der Waals surface area contributed by atoms with E-state index < -0.39 is 0 Å². The van der Waals surface area contributed by atoms with Crippen molar-refractivity contribution < 1.29 is 14.3 Å². The van der Waals surface area contributed by atoms with Gasteiger partial charge in [-0.05, 0) is 37.6 Å². The van der Waals surface area contributed by atoms with Crippen molar-refractivity contribution >= 4 is 23.2 Å². The molecule has 1 heterocycles. The summed E-state index contributed by atoms with van der Waals surface area (Å²) in [4.78, 5) is 29.1. The minimum absolute atomic E-state index is 0.000506. The van der Waals surface area contributed by atoms with Crippen molar-refractivity contribution in [3.63, 3.8) is 0 Å². The summed E-state index contributed by atoms with van der Waals surface area (Å²) in [6.45, 7) is 4.93. The zero-order chi connectivity index (χ0) is 18.7. The number of nitrogens with zero attached hydrogens (tertiary/aromatic N) is 2. The van der Waals surface area contributed by atoms with Gasteiger partial charge in [-0.2, -0.15) is 0 Å². The smallest absolute Gasteiger partial charge is 0.232 e. The van der Waals surface area contributed by atoms with Gasteiger partial charge in [-0.3, -0.25) is 9.59 Å². The van der Waals surface area contributed by atoms with Crippen molar-refractivity contribution in [2.75, 3.05) is 30.0 Å². The van der Waals surface area contributed by atoms with E-state index in [1.54, 1.807) is 16.9 Å². The molecule has 0 bridgehead atoms. The molecule has 2 aromatic carbocycles. The van der Waals surface area contributed by atoms with Crippen LogP contribution in [0.25, 0.3) is 0 Å². The first-order chi connectivity index (χ1) is 12.5. The molecule has 1 saturated heterocycles. The Bertz CT molecular complexity index is 818. The Hall–Kier alpha value is -2.82. The standard InChI is InChI=1S/C21H24N2O3/c1-4-22(19-11-6-5-8-15(19)2)21(25)16-12-20(24)23(14-16)17-9-7-10-18(13-17)26-3/h5-11,13,16H,4,12,14H2,1-3H3. The lowest BCUT2D eigenvalue weighted by Gasteiger charge is -2.26. The fourth-order valence-electron chi connectivity index (χ4n) is 3.43. The van der Waals surface area contributed by atoms with E-state index >= 15 is 0 Å². The molecular weight excluding hydrogens is 328 g/mol. The number of carbonyl (C=O) groups excluding carboxylic acids is 2. The van der Waals surface area contributed by atoms with E-state index in [9.17, 15) is 9.59 Å². The number of hydrogen-bond acceptors (Lipinski definition) is 3. The number of para-hydroxylation sites is 1. The second kappa shape index (κ2) is 7.60. The number of benzene rings is 2. The normalized spacial score (nSPS) is 16.7. The predicted molar refractivity (Wildman–Crippen MR) is 103 cm³/mol. The lowest BCUT2D eigenvalue weighted by molar-refractivity contribution is -0.124. The van der Waals surface area contributed by atoms with Crippen LogP contribution < -0.4 is 14.5 Å². The largest absolute Gasteiger partial charge is 0.497 e. The number of methoxy groups -OCH3 is 1. The summed E-state index contributed by atoms with van der Waals surface area (Å²) in [5, 5.41) is 0. The fourth-order valence-corrected chi connectivity index (χ4v) is 3.43. The van der Waals surface area contributed by atoms with Crippen LogP contribution in [0.5, 0.6) is 5.75 Å². The summed E-state index contributed by atoms with van der Waals surface area (Å²) < 4.78 is 5.24. The molecule has 0 N–H and O–H groups in total. The third kappa shape index (κ3) is 3.43. The molecule has 1 fully saturated rings. The summed E-state index contributed by atoms with van der Waals surface area (Å²) in [5.41, 5.74) is 2.73. The third-order valence-corrected chi connectivity index (χ3v) is 4.83. The van der Waals surface area contributed by atoms with Gasteiger partial charge in [0.1, 0.15) is 5.75 Å². The molecule has 5 nitrogen and oxygen atoms in total. The number of carbonyl (C=O) groups is 2. The van der Waals surface area contributed by atoms with Gasteiger partial charge in [0.2, 0.25) is 11.8 Å². The first-order valence-electron chi connectivity index (χ1n) is 8.86. The van der Waals surface area contributed by atoms with Gasteiger partial charge in [0.05, 0.1) is 13.0 Å². The van der Waals surface area contributed by atoms with Crippen molar-refractivity contribution in [1.82, 2.24) is 0 Å². The van der Waals surface area contributed by atoms with Gasteiger partial charge < -0.3 is 14.5 Å². The van der Waals surface area contributed by atoms with E-state index in [4.69, 9.17) is 4.74 Å². The summed E-state index contributed by atoms with van der Waals surface area (Å²) in [7, 11) is 1.60. The maximum atomic E-state index is 13.1. The van der Waals surface area contributed by atoms with Crippen LogP contribution in [0.3, 0.4) is 0 Å². The summed E-state index contributed by atoms with van der Waals surface area (Å²) in [6, 6.07) is 15.2. The molecule has 2 aromatic rings. The minimum atomic E-state index is -0.340. The molecule has 1 unspecified atom stereocenters. The summed E-state index contributed by atoms with van der Waals surface area (Å²) in [6.07, 6.45) is 0.235. The molecule has 26 heavy (non-hydrogen) atoms. The number of amides is 2. The molecule has 136 valence electrons. The number of anilines is 2.